The fourth-order valence-corrected chi connectivity index (χ4v) is 5.64. The SMILES string of the molecule is CC(C)(C)C(Nc1c(C#N)cnc2c(Cl)cc(NC(C3=CN(C4CC4)NN3)c3ccc(F)cc3)cc12)c1ccccc1. The third-order valence-corrected chi connectivity index (χ3v) is 7.99. The van der Waals surface area contributed by atoms with Gasteiger partial charge in [-0.1, -0.05) is 74.8 Å². The molecule has 7 nitrogen and oxygen atoms in total. The Morgan fingerprint density at radius 3 is 2.45 bits per heavy atom. The Hall–Kier alpha value is -4.32. The summed E-state index contributed by atoms with van der Waals surface area (Å²) in [5.41, 5.74) is 11.7. The minimum absolute atomic E-state index is 0.0916. The molecule has 0 saturated heterocycles. The molecular weight excluding hydrogens is 549 g/mol. The summed E-state index contributed by atoms with van der Waals surface area (Å²) in [6, 6.07) is 22.8. The van der Waals surface area contributed by atoms with Crippen molar-refractivity contribution in [2.24, 2.45) is 5.41 Å². The monoisotopic (exact) mass is 581 g/mol. The number of nitrogens with zero attached hydrogens (tertiary/aromatic N) is 3. The van der Waals surface area contributed by atoms with Gasteiger partial charge in [-0.2, -0.15) is 5.26 Å². The second-order valence-electron chi connectivity index (χ2n) is 12.0. The molecule has 4 aromatic rings. The molecule has 2 unspecified atom stereocenters. The fraction of sp³-hybridized carbons (Fsp3) is 0.273. The lowest BCUT2D eigenvalue weighted by molar-refractivity contribution is 0.260. The van der Waals surface area contributed by atoms with Gasteiger partial charge in [0.1, 0.15) is 11.9 Å². The molecule has 2 heterocycles. The Balaban J connectivity index is 1.43. The summed E-state index contributed by atoms with van der Waals surface area (Å²) in [7, 11) is 0. The van der Waals surface area contributed by atoms with Crippen LogP contribution in [0, 0.1) is 22.6 Å². The highest BCUT2D eigenvalue weighted by Gasteiger charge is 2.32. The molecule has 214 valence electrons. The summed E-state index contributed by atoms with van der Waals surface area (Å²) in [4.78, 5) is 4.55. The number of benzene rings is 3. The molecule has 1 saturated carbocycles. The molecule has 1 aromatic heterocycles. The predicted octanol–water partition coefficient (Wildman–Crippen LogP) is 7.58. The van der Waals surface area contributed by atoms with E-state index in [0.29, 0.717) is 27.8 Å². The summed E-state index contributed by atoms with van der Waals surface area (Å²) in [6.07, 6.45) is 5.89. The van der Waals surface area contributed by atoms with Crippen molar-refractivity contribution in [1.82, 2.24) is 21.0 Å². The molecule has 1 aliphatic carbocycles. The maximum Gasteiger partial charge on any atom is 0.123 e. The predicted molar refractivity (Wildman–Crippen MR) is 166 cm³/mol. The van der Waals surface area contributed by atoms with Crippen molar-refractivity contribution in [3.05, 3.63) is 112 Å². The van der Waals surface area contributed by atoms with E-state index in [9.17, 15) is 9.65 Å². The van der Waals surface area contributed by atoms with Crippen LogP contribution >= 0.6 is 11.6 Å². The number of fused-ring (bicyclic) bond motifs is 1. The van der Waals surface area contributed by atoms with Gasteiger partial charge in [-0.05, 0) is 53.6 Å². The number of pyridine rings is 1. The molecule has 0 amide bonds. The number of halogens is 2. The van der Waals surface area contributed by atoms with Crippen LogP contribution in [0.3, 0.4) is 0 Å². The number of hydrogen-bond acceptors (Lipinski definition) is 7. The van der Waals surface area contributed by atoms with Gasteiger partial charge in [0.2, 0.25) is 0 Å². The first kappa shape index (κ1) is 27.8. The second kappa shape index (κ2) is 11.2. The summed E-state index contributed by atoms with van der Waals surface area (Å²) >= 11 is 6.84. The number of rotatable bonds is 8. The van der Waals surface area contributed by atoms with Gasteiger partial charge in [0, 0.05) is 29.5 Å². The van der Waals surface area contributed by atoms with Crippen LogP contribution in [0.4, 0.5) is 15.8 Å². The number of aromatic nitrogens is 1. The van der Waals surface area contributed by atoms with Crippen LogP contribution in [0.2, 0.25) is 5.02 Å². The number of hydrazine groups is 2. The van der Waals surface area contributed by atoms with Crippen LogP contribution in [-0.2, 0) is 0 Å². The Labute approximate surface area is 250 Å². The van der Waals surface area contributed by atoms with E-state index in [4.69, 9.17) is 11.6 Å². The average Bonchev–Trinajstić information content (AvgIpc) is 3.71. The molecule has 1 aliphatic heterocycles. The van der Waals surface area contributed by atoms with Crippen molar-refractivity contribution < 1.29 is 4.39 Å². The van der Waals surface area contributed by atoms with E-state index in [-0.39, 0.29) is 23.3 Å². The van der Waals surface area contributed by atoms with Crippen LogP contribution in [-0.4, -0.2) is 16.0 Å². The lowest BCUT2D eigenvalue weighted by Crippen LogP contribution is -2.38. The third-order valence-electron chi connectivity index (χ3n) is 7.71. The van der Waals surface area contributed by atoms with Crippen LogP contribution in [0.15, 0.2) is 84.8 Å². The van der Waals surface area contributed by atoms with Crippen molar-refractivity contribution in [3.8, 4) is 6.07 Å². The summed E-state index contributed by atoms with van der Waals surface area (Å²) in [6.45, 7) is 6.50. The number of hydrogen-bond donors (Lipinski definition) is 4. The fourth-order valence-electron chi connectivity index (χ4n) is 5.37. The molecule has 0 radical (unpaired) electrons. The highest BCUT2D eigenvalue weighted by Crippen LogP contribution is 2.41. The van der Waals surface area contributed by atoms with Crippen molar-refractivity contribution in [2.45, 2.75) is 51.7 Å². The smallest absolute Gasteiger partial charge is 0.123 e. The highest BCUT2D eigenvalue weighted by molar-refractivity contribution is 6.35. The minimum Gasteiger partial charge on any atom is -0.376 e. The zero-order chi connectivity index (χ0) is 29.4. The first-order valence-corrected chi connectivity index (χ1v) is 14.5. The Bertz CT molecular complexity index is 1670. The Morgan fingerprint density at radius 2 is 1.79 bits per heavy atom. The van der Waals surface area contributed by atoms with E-state index < -0.39 is 0 Å². The largest absolute Gasteiger partial charge is 0.376 e. The molecule has 42 heavy (non-hydrogen) atoms. The summed E-state index contributed by atoms with van der Waals surface area (Å²) < 4.78 is 13.9. The van der Waals surface area contributed by atoms with E-state index in [1.165, 1.54) is 12.1 Å². The average molecular weight is 582 g/mol. The van der Waals surface area contributed by atoms with Gasteiger partial charge >= 0.3 is 0 Å². The normalized spacial score (nSPS) is 16.4. The van der Waals surface area contributed by atoms with E-state index in [2.05, 4.69) is 76.8 Å². The zero-order valence-electron chi connectivity index (χ0n) is 23.7. The van der Waals surface area contributed by atoms with Crippen LogP contribution in [0.5, 0.6) is 0 Å². The van der Waals surface area contributed by atoms with E-state index in [0.717, 1.165) is 40.7 Å². The van der Waals surface area contributed by atoms with Crippen LogP contribution in [0.1, 0.15) is 62.4 Å². The van der Waals surface area contributed by atoms with E-state index in [1.807, 2.05) is 30.3 Å². The molecule has 2 atom stereocenters. The first-order chi connectivity index (χ1) is 20.2. The van der Waals surface area contributed by atoms with Gasteiger partial charge in [-0.15, -0.1) is 5.53 Å². The summed E-state index contributed by atoms with van der Waals surface area (Å²) in [5.74, 6) is -0.296. The maximum atomic E-state index is 13.9. The van der Waals surface area contributed by atoms with Gasteiger partial charge in [0.25, 0.3) is 0 Å². The molecule has 0 spiro atoms. The van der Waals surface area contributed by atoms with Crippen LogP contribution < -0.4 is 21.6 Å². The van der Waals surface area contributed by atoms with Gasteiger partial charge in [0.05, 0.1) is 39.6 Å². The molecule has 6 rings (SSSR count). The quantitative estimate of drug-likeness (QED) is 0.171. The molecule has 2 aliphatic rings. The van der Waals surface area contributed by atoms with Gasteiger partial charge in [0.15, 0.2) is 0 Å². The third kappa shape index (κ3) is 5.71. The Morgan fingerprint density at radius 1 is 1.05 bits per heavy atom. The molecular formula is C33H33ClFN7. The lowest BCUT2D eigenvalue weighted by Gasteiger charge is -2.33. The molecule has 1 fully saturated rings. The van der Waals surface area contributed by atoms with E-state index >= 15 is 0 Å². The highest BCUT2D eigenvalue weighted by atomic mass is 35.5. The topological polar surface area (TPSA) is 88.0 Å². The van der Waals surface area contributed by atoms with Crippen molar-refractivity contribution >= 4 is 33.9 Å². The van der Waals surface area contributed by atoms with Crippen molar-refractivity contribution in [2.75, 3.05) is 10.6 Å². The molecule has 4 N–H and O–H groups in total. The maximum absolute atomic E-state index is 13.9. The molecule has 0 bridgehead atoms. The Kier molecular flexibility index (Phi) is 7.40. The molecule has 9 heteroatoms. The minimum atomic E-state index is -0.328. The second-order valence-corrected chi connectivity index (χ2v) is 12.4. The van der Waals surface area contributed by atoms with Gasteiger partial charge in [-0.3, -0.25) is 9.99 Å². The first-order valence-electron chi connectivity index (χ1n) is 14.1. The van der Waals surface area contributed by atoms with Crippen LogP contribution in [0.25, 0.3) is 10.9 Å². The van der Waals surface area contributed by atoms with Gasteiger partial charge < -0.3 is 16.1 Å². The summed E-state index contributed by atoms with van der Waals surface area (Å²) in [5, 5.41) is 20.7. The standard InChI is InChI=1S/C33H33ClFN7/c1-33(2,3)32(21-7-5-4-6-8-21)39-29-22(17-36)18-37-31-26(29)15-24(16-27(31)34)38-30(20-9-11-23(35)12-10-20)28-19-42(41-40-28)25-13-14-25/h4-12,15-16,18-19,25,30,32,38,40-41H,13-14H2,1-3H3,(H,37,39). The van der Waals surface area contributed by atoms with Gasteiger partial charge in [-0.25, -0.2) is 4.39 Å². The zero-order valence-corrected chi connectivity index (χ0v) is 24.5. The number of nitrogens with one attached hydrogen (secondary N) is 4. The number of anilines is 2. The van der Waals surface area contributed by atoms with E-state index in [1.54, 1.807) is 18.3 Å². The van der Waals surface area contributed by atoms with Crippen molar-refractivity contribution in [1.29, 1.82) is 5.26 Å². The number of nitriles is 1. The molecule has 3 aromatic carbocycles. The lowest BCUT2D eigenvalue weighted by atomic mass is 9.82. The van der Waals surface area contributed by atoms with Crippen molar-refractivity contribution in [3.63, 3.8) is 0 Å².